The van der Waals surface area contributed by atoms with Crippen LogP contribution in [-0.2, 0) is 19.1 Å². The molecule has 0 aromatic carbocycles. The first kappa shape index (κ1) is 21.7. The van der Waals surface area contributed by atoms with E-state index in [4.69, 9.17) is 0 Å². The van der Waals surface area contributed by atoms with E-state index in [0.29, 0.717) is 25.8 Å². The highest BCUT2D eigenvalue weighted by atomic mass is 32.2. The average molecular weight is 370 g/mol. The van der Waals surface area contributed by atoms with Gasteiger partial charge in [0, 0.05) is 31.6 Å². The molecule has 1 rings (SSSR count). The largest absolute Gasteiger partial charge is 0.469 e. The second-order valence-corrected chi connectivity index (χ2v) is 7.49. The fraction of sp³-hybridized carbons (Fsp3) is 0.737. The number of ketones is 1. The van der Waals surface area contributed by atoms with Gasteiger partial charge in [0.25, 0.3) is 0 Å². The lowest BCUT2D eigenvalue weighted by atomic mass is 10.1. The van der Waals surface area contributed by atoms with Gasteiger partial charge in [-0.2, -0.15) is 11.8 Å². The third-order valence-electron chi connectivity index (χ3n) is 4.28. The Morgan fingerprint density at radius 2 is 2.04 bits per heavy atom. The van der Waals surface area contributed by atoms with E-state index in [9.17, 15) is 14.4 Å². The molecular weight excluding hydrogens is 338 g/mol. The molecule has 0 saturated carbocycles. The van der Waals surface area contributed by atoms with Crippen LogP contribution in [0.4, 0.5) is 0 Å². The summed E-state index contributed by atoms with van der Waals surface area (Å²) in [4.78, 5) is 36.8. The van der Waals surface area contributed by atoms with Crippen LogP contribution in [0.2, 0.25) is 0 Å². The third-order valence-corrected chi connectivity index (χ3v) is 5.33. The summed E-state index contributed by atoms with van der Waals surface area (Å²) in [6.45, 7) is 2.82. The molecule has 1 unspecified atom stereocenters. The first-order chi connectivity index (χ1) is 12.1. The molecule has 0 aromatic heterocycles. The predicted octanol–water partition coefficient (Wildman–Crippen LogP) is 3.37. The maximum Gasteiger partial charge on any atom is 0.305 e. The van der Waals surface area contributed by atoms with Crippen LogP contribution in [-0.4, -0.2) is 53.8 Å². The van der Waals surface area contributed by atoms with Gasteiger partial charge in [-0.1, -0.05) is 25.8 Å². The van der Waals surface area contributed by atoms with E-state index >= 15 is 0 Å². The summed E-state index contributed by atoms with van der Waals surface area (Å²) < 4.78 is 4.61. The Bertz CT molecular complexity index is 464. The molecule has 0 radical (unpaired) electrons. The fourth-order valence-electron chi connectivity index (χ4n) is 2.78. The van der Waals surface area contributed by atoms with Crippen LogP contribution in [0.5, 0.6) is 0 Å². The number of hydrogen-bond acceptors (Lipinski definition) is 5. The number of methoxy groups -OCH3 is 1. The van der Waals surface area contributed by atoms with Gasteiger partial charge in [0.05, 0.1) is 13.2 Å². The molecule has 0 spiro atoms. The van der Waals surface area contributed by atoms with Gasteiger partial charge in [0.1, 0.15) is 0 Å². The topological polar surface area (TPSA) is 63.7 Å². The Morgan fingerprint density at radius 1 is 1.24 bits per heavy atom. The minimum absolute atomic E-state index is 0.0540. The van der Waals surface area contributed by atoms with Crippen molar-refractivity contribution in [3.63, 3.8) is 0 Å². The van der Waals surface area contributed by atoms with Crippen molar-refractivity contribution in [3.8, 4) is 0 Å². The standard InChI is InChI=1S/C19H31NO4S/c1-3-4-5-7-17(21)11-9-16-10-12-18(22)20(16)13-15-25-14-6-8-19(23)24-2/h9,11,16H,3-8,10,12-15H2,1-2H3. The van der Waals surface area contributed by atoms with Crippen LogP contribution in [0.3, 0.4) is 0 Å². The Balaban J connectivity index is 2.27. The summed E-state index contributed by atoms with van der Waals surface area (Å²) in [5, 5.41) is 0. The molecule has 0 aliphatic carbocycles. The van der Waals surface area contributed by atoms with E-state index in [2.05, 4.69) is 11.7 Å². The lowest BCUT2D eigenvalue weighted by Gasteiger charge is -2.22. The fourth-order valence-corrected chi connectivity index (χ4v) is 3.66. The maximum absolute atomic E-state index is 12.0. The van der Waals surface area contributed by atoms with Crippen molar-refractivity contribution in [2.75, 3.05) is 25.2 Å². The van der Waals surface area contributed by atoms with Crippen LogP contribution in [0.1, 0.15) is 58.3 Å². The average Bonchev–Trinajstić information content (AvgIpc) is 2.96. The molecule has 1 atom stereocenters. The van der Waals surface area contributed by atoms with E-state index in [-0.39, 0.29) is 23.7 Å². The van der Waals surface area contributed by atoms with Gasteiger partial charge in [0.15, 0.2) is 5.78 Å². The van der Waals surface area contributed by atoms with Crippen molar-refractivity contribution in [2.45, 2.75) is 64.3 Å². The molecule has 1 fully saturated rings. The molecule has 1 amide bonds. The van der Waals surface area contributed by atoms with E-state index < -0.39 is 0 Å². The number of amides is 1. The summed E-state index contributed by atoms with van der Waals surface area (Å²) in [5.41, 5.74) is 0. The minimum Gasteiger partial charge on any atom is -0.469 e. The second-order valence-electron chi connectivity index (χ2n) is 6.27. The summed E-state index contributed by atoms with van der Waals surface area (Å²) in [6.07, 6.45) is 9.89. The molecule has 6 heteroatoms. The van der Waals surface area contributed by atoms with Crippen molar-refractivity contribution in [3.05, 3.63) is 12.2 Å². The Kier molecular flexibility index (Phi) is 11.3. The molecular formula is C19H31NO4S. The number of likely N-dealkylation sites (tertiary alicyclic amines) is 1. The summed E-state index contributed by atoms with van der Waals surface area (Å²) in [6, 6.07) is 0.0540. The van der Waals surface area contributed by atoms with Crippen LogP contribution in [0, 0.1) is 0 Å². The molecule has 0 N–H and O–H groups in total. The third kappa shape index (κ3) is 9.10. The Hall–Kier alpha value is -1.30. The van der Waals surface area contributed by atoms with Gasteiger partial charge >= 0.3 is 5.97 Å². The van der Waals surface area contributed by atoms with Crippen molar-refractivity contribution < 1.29 is 19.1 Å². The Labute approximate surface area is 155 Å². The van der Waals surface area contributed by atoms with E-state index in [1.807, 2.05) is 11.0 Å². The van der Waals surface area contributed by atoms with Crippen LogP contribution in [0.15, 0.2) is 12.2 Å². The molecule has 5 nitrogen and oxygen atoms in total. The number of ether oxygens (including phenoxy) is 1. The Morgan fingerprint density at radius 3 is 2.76 bits per heavy atom. The highest BCUT2D eigenvalue weighted by molar-refractivity contribution is 7.99. The van der Waals surface area contributed by atoms with Crippen molar-refractivity contribution in [1.29, 1.82) is 0 Å². The zero-order valence-corrected chi connectivity index (χ0v) is 16.3. The maximum atomic E-state index is 12.0. The highest BCUT2D eigenvalue weighted by Crippen LogP contribution is 2.20. The number of rotatable bonds is 13. The summed E-state index contributed by atoms with van der Waals surface area (Å²) in [7, 11) is 1.40. The molecule has 0 aromatic rings. The number of hydrogen-bond donors (Lipinski definition) is 0. The smallest absolute Gasteiger partial charge is 0.305 e. The molecule has 25 heavy (non-hydrogen) atoms. The van der Waals surface area contributed by atoms with Crippen LogP contribution >= 0.6 is 11.8 Å². The first-order valence-corrected chi connectivity index (χ1v) is 10.4. The number of unbranched alkanes of at least 4 members (excludes halogenated alkanes) is 2. The summed E-state index contributed by atoms with van der Waals surface area (Å²) >= 11 is 1.74. The van der Waals surface area contributed by atoms with Gasteiger partial charge in [-0.15, -0.1) is 0 Å². The summed E-state index contributed by atoms with van der Waals surface area (Å²) in [5.74, 6) is 1.88. The van der Waals surface area contributed by atoms with Crippen LogP contribution in [0.25, 0.3) is 0 Å². The SMILES string of the molecule is CCCCCC(=O)C=CC1CCC(=O)N1CCSCCCC(=O)OC. The molecule has 1 saturated heterocycles. The zero-order valence-electron chi connectivity index (χ0n) is 15.5. The zero-order chi connectivity index (χ0) is 18.5. The normalized spacial score (nSPS) is 17.4. The first-order valence-electron chi connectivity index (χ1n) is 9.23. The van der Waals surface area contributed by atoms with E-state index in [1.54, 1.807) is 17.8 Å². The van der Waals surface area contributed by atoms with Gasteiger partial charge in [-0.3, -0.25) is 14.4 Å². The number of esters is 1. The van der Waals surface area contributed by atoms with Crippen molar-refractivity contribution >= 4 is 29.4 Å². The predicted molar refractivity (Wildman–Crippen MR) is 102 cm³/mol. The second kappa shape index (κ2) is 13.0. The number of allylic oxidation sites excluding steroid dienone is 1. The number of carbonyl (C=O) groups excluding carboxylic acids is 3. The van der Waals surface area contributed by atoms with E-state index in [0.717, 1.165) is 43.6 Å². The van der Waals surface area contributed by atoms with Gasteiger partial charge in [-0.25, -0.2) is 0 Å². The molecule has 0 bridgehead atoms. The lowest BCUT2D eigenvalue weighted by molar-refractivity contribution is -0.140. The molecule has 142 valence electrons. The highest BCUT2D eigenvalue weighted by Gasteiger charge is 2.28. The number of carbonyl (C=O) groups is 3. The van der Waals surface area contributed by atoms with Gasteiger partial charge in [-0.05, 0) is 31.1 Å². The quantitative estimate of drug-likeness (QED) is 0.283. The number of thioether (sulfide) groups is 1. The monoisotopic (exact) mass is 369 g/mol. The lowest BCUT2D eigenvalue weighted by Crippen LogP contribution is -2.33. The van der Waals surface area contributed by atoms with Gasteiger partial charge < -0.3 is 9.64 Å². The molecule has 1 aliphatic heterocycles. The number of nitrogens with zero attached hydrogens (tertiary/aromatic N) is 1. The van der Waals surface area contributed by atoms with Crippen molar-refractivity contribution in [1.82, 2.24) is 4.90 Å². The van der Waals surface area contributed by atoms with E-state index in [1.165, 1.54) is 7.11 Å². The van der Waals surface area contributed by atoms with Gasteiger partial charge in [0.2, 0.25) is 5.91 Å². The molecule has 1 heterocycles. The van der Waals surface area contributed by atoms with Crippen LogP contribution < -0.4 is 0 Å². The minimum atomic E-state index is -0.177. The van der Waals surface area contributed by atoms with Crippen molar-refractivity contribution in [2.24, 2.45) is 0 Å². The molecule has 1 aliphatic rings.